The van der Waals surface area contributed by atoms with Gasteiger partial charge in [-0.15, -0.1) is 10.2 Å². The van der Waals surface area contributed by atoms with Crippen molar-refractivity contribution in [3.8, 4) is 0 Å². The zero-order valence-corrected chi connectivity index (χ0v) is 11.2. The minimum Gasteiger partial charge on any atom is -0.481 e. The molecule has 0 fully saturated rings. The van der Waals surface area contributed by atoms with Crippen LogP contribution in [0.25, 0.3) is 0 Å². The lowest BCUT2D eigenvalue weighted by atomic mass is 10.4. The molecule has 7 nitrogen and oxygen atoms in total. The Hall–Kier alpha value is -1.96. The maximum absolute atomic E-state index is 10.6. The van der Waals surface area contributed by atoms with E-state index in [9.17, 15) is 4.79 Å². The Morgan fingerprint density at radius 2 is 2.32 bits per heavy atom. The van der Waals surface area contributed by atoms with Gasteiger partial charge in [-0.25, -0.2) is 9.97 Å². The highest BCUT2D eigenvalue weighted by Crippen LogP contribution is 2.18. The van der Waals surface area contributed by atoms with Crippen LogP contribution in [0, 0.1) is 0 Å². The lowest BCUT2D eigenvalue weighted by Crippen LogP contribution is -2.08. The molecule has 2 aromatic heterocycles. The highest BCUT2D eigenvalue weighted by Gasteiger charge is 2.13. The first-order valence-corrected chi connectivity index (χ1v) is 6.70. The summed E-state index contributed by atoms with van der Waals surface area (Å²) in [5.41, 5.74) is 0.835. The number of carboxylic acid groups (broad SMARTS) is 1. The molecule has 0 aromatic carbocycles. The van der Waals surface area contributed by atoms with E-state index in [0.29, 0.717) is 11.7 Å². The fourth-order valence-electron chi connectivity index (χ4n) is 1.55. The zero-order valence-electron chi connectivity index (χ0n) is 10.4. The Balaban J connectivity index is 2.21. The van der Waals surface area contributed by atoms with Crippen molar-refractivity contribution in [2.24, 2.45) is 0 Å². The lowest BCUT2D eigenvalue weighted by molar-refractivity contribution is -0.133. The Morgan fingerprint density at radius 1 is 1.47 bits per heavy atom. The van der Waals surface area contributed by atoms with Gasteiger partial charge in [0.15, 0.2) is 5.16 Å². The molecule has 2 aromatic rings. The van der Waals surface area contributed by atoms with Crippen molar-refractivity contribution in [1.82, 2.24) is 24.7 Å². The molecule has 0 amide bonds. The molecule has 1 N–H and O–H groups in total. The van der Waals surface area contributed by atoms with Gasteiger partial charge in [-0.05, 0) is 6.07 Å². The van der Waals surface area contributed by atoms with Gasteiger partial charge in [-0.2, -0.15) is 0 Å². The Labute approximate surface area is 114 Å². The molecule has 0 atom stereocenters. The van der Waals surface area contributed by atoms with Gasteiger partial charge in [0.25, 0.3) is 0 Å². The molecular formula is C11H13N5O2S. The number of hydrogen-bond acceptors (Lipinski definition) is 6. The number of aliphatic carboxylic acids is 1. The van der Waals surface area contributed by atoms with Crippen LogP contribution in [0.1, 0.15) is 18.4 Å². The van der Waals surface area contributed by atoms with Crippen LogP contribution in [0.3, 0.4) is 0 Å². The van der Waals surface area contributed by atoms with Gasteiger partial charge in [0.2, 0.25) is 0 Å². The van der Waals surface area contributed by atoms with E-state index in [0.717, 1.165) is 29.7 Å². The monoisotopic (exact) mass is 279 g/mol. The third-order valence-electron chi connectivity index (χ3n) is 2.40. The topological polar surface area (TPSA) is 93.8 Å². The fraction of sp³-hybridized carbons (Fsp3) is 0.364. The summed E-state index contributed by atoms with van der Waals surface area (Å²) in [5.74, 6) is -0.0999. The van der Waals surface area contributed by atoms with Crippen LogP contribution in [0.5, 0.6) is 0 Å². The van der Waals surface area contributed by atoms with Crippen LogP contribution in [-0.4, -0.2) is 41.6 Å². The summed E-state index contributed by atoms with van der Waals surface area (Å²) < 4.78 is 1.88. The van der Waals surface area contributed by atoms with E-state index in [4.69, 9.17) is 5.11 Å². The highest BCUT2D eigenvalue weighted by atomic mass is 32.2. The third kappa shape index (κ3) is 3.50. The van der Waals surface area contributed by atoms with Gasteiger partial charge in [0.1, 0.15) is 12.2 Å². The molecule has 0 aliphatic carbocycles. The number of thioether (sulfide) groups is 1. The number of carbonyl (C=O) groups is 1. The van der Waals surface area contributed by atoms with Gasteiger partial charge in [-0.1, -0.05) is 18.7 Å². The number of hydrogen-bond donors (Lipinski definition) is 1. The van der Waals surface area contributed by atoms with Crippen LogP contribution >= 0.6 is 11.8 Å². The average molecular weight is 279 g/mol. The van der Waals surface area contributed by atoms with Crippen molar-refractivity contribution < 1.29 is 9.90 Å². The summed E-state index contributed by atoms with van der Waals surface area (Å²) in [7, 11) is 0. The van der Waals surface area contributed by atoms with E-state index in [-0.39, 0.29) is 5.75 Å². The minimum absolute atomic E-state index is 0.0361. The molecule has 0 unspecified atom stereocenters. The second-order valence-electron chi connectivity index (χ2n) is 3.72. The number of aromatic nitrogens is 5. The largest absolute Gasteiger partial charge is 0.481 e. The molecule has 19 heavy (non-hydrogen) atoms. The van der Waals surface area contributed by atoms with Crippen molar-refractivity contribution in [1.29, 1.82) is 0 Å². The maximum Gasteiger partial charge on any atom is 0.313 e. The van der Waals surface area contributed by atoms with Crippen molar-refractivity contribution in [3.05, 3.63) is 30.1 Å². The third-order valence-corrected chi connectivity index (χ3v) is 3.35. The fourth-order valence-corrected chi connectivity index (χ4v) is 2.22. The number of carboxylic acids is 1. The standard InChI is InChI=1S/C11H13N5O2S/c1-2-9-14-15-11(19-6-10(17)18)16(9)5-8-3-4-12-7-13-8/h3-4,7H,2,5-6H2,1H3,(H,17,18). The summed E-state index contributed by atoms with van der Waals surface area (Å²) in [6.45, 7) is 2.49. The van der Waals surface area contributed by atoms with E-state index in [2.05, 4.69) is 20.2 Å². The lowest BCUT2D eigenvalue weighted by Gasteiger charge is -2.07. The summed E-state index contributed by atoms with van der Waals surface area (Å²) in [6.07, 6.45) is 3.88. The van der Waals surface area contributed by atoms with Crippen molar-refractivity contribution in [2.45, 2.75) is 25.0 Å². The predicted octanol–water partition coefficient (Wildman–Crippen LogP) is 0.856. The first kappa shape index (κ1) is 13.5. The summed E-state index contributed by atoms with van der Waals surface area (Å²) >= 11 is 1.16. The minimum atomic E-state index is -0.875. The number of rotatable bonds is 6. The zero-order chi connectivity index (χ0) is 13.7. The smallest absolute Gasteiger partial charge is 0.313 e. The first-order chi connectivity index (χ1) is 9.20. The average Bonchev–Trinajstić information content (AvgIpc) is 2.80. The molecule has 2 heterocycles. The van der Waals surface area contributed by atoms with Crippen molar-refractivity contribution >= 4 is 17.7 Å². The quantitative estimate of drug-likeness (QED) is 0.783. The normalized spacial score (nSPS) is 10.6. The number of nitrogens with zero attached hydrogens (tertiary/aromatic N) is 5. The Kier molecular flexibility index (Phi) is 4.45. The molecule has 2 rings (SSSR count). The van der Waals surface area contributed by atoms with Crippen LogP contribution in [0.4, 0.5) is 0 Å². The predicted molar refractivity (Wildman–Crippen MR) is 68.9 cm³/mol. The van der Waals surface area contributed by atoms with E-state index in [1.54, 1.807) is 6.20 Å². The van der Waals surface area contributed by atoms with Crippen molar-refractivity contribution in [2.75, 3.05) is 5.75 Å². The molecular weight excluding hydrogens is 266 g/mol. The second-order valence-corrected chi connectivity index (χ2v) is 4.66. The second kappa shape index (κ2) is 6.28. The van der Waals surface area contributed by atoms with E-state index in [1.165, 1.54) is 6.33 Å². The molecule has 0 aliphatic rings. The Bertz CT molecular complexity index is 557. The molecule has 0 bridgehead atoms. The van der Waals surface area contributed by atoms with Gasteiger partial charge >= 0.3 is 5.97 Å². The maximum atomic E-state index is 10.6. The molecule has 0 saturated heterocycles. The molecule has 0 spiro atoms. The van der Waals surface area contributed by atoms with Gasteiger partial charge < -0.3 is 5.11 Å². The van der Waals surface area contributed by atoms with Crippen LogP contribution in [0.2, 0.25) is 0 Å². The summed E-state index contributed by atoms with van der Waals surface area (Å²) in [4.78, 5) is 18.6. The van der Waals surface area contributed by atoms with Gasteiger partial charge in [0, 0.05) is 12.6 Å². The first-order valence-electron chi connectivity index (χ1n) is 5.72. The summed E-state index contributed by atoms with van der Waals surface area (Å²) in [6, 6.07) is 1.81. The summed E-state index contributed by atoms with van der Waals surface area (Å²) in [5, 5.41) is 17.4. The number of aryl methyl sites for hydroxylation is 1. The highest BCUT2D eigenvalue weighted by molar-refractivity contribution is 7.99. The molecule has 0 saturated carbocycles. The SMILES string of the molecule is CCc1nnc(SCC(=O)O)n1Cc1ccncn1. The Morgan fingerprint density at radius 3 is 2.95 bits per heavy atom. The molecule has 0 radical (unpaired) electrons. The van der Waals surface area contributed by atoms with E-state index >= 15 is 0 Å². The molecule has 0 aliphatic heterocycles. The van der Waals surface area contributed by atoms with Crippen LogP contribution in [-0.2, 0) is 17.8 Å². The van der Waals surface area contributed by atoms with Crippen molar-refractivity contribution in [3.63, 3.8) is 0 Å². The van der Waals surface area contributed by atoms with Crippen LogP contribution in [0.15, 0.2) is 23.7 Å². The molecule has 8 heteroatoms. The van der Waals surface area contributed by atoms with E-state index < -0.39 is 5.97 Å². The van der Waals surface area contributed by atoms with Crippen LogP contribution < -0.4 is 0 Å². The molecule has 100 valence electrons. The van der Waals surface area contributed by atoms with Gasteiger partial charge in [0.05, 0.1) is 18.0 Å². The van der Waals surface area contributed by atoms with E-state index in [1.807, 2.05) is 17.6 Å². The van der Waals surface area contributed by atoms with Gasteiger partial charge in [-0.3, -0.25) is 9.36 Å².